The van der Waals surface area contributed by atoms with Crippen LogP contribution in [0.5, 0.6) is 5.75 Å². The molecule has 2 heterocycles. The molecule has 0 radical (unpaired) electrons. The zero-order valence-corrected chi connectivity index (χ0v) is 18.5. The lowest BCUT2D eigenvalue weighted by Crippen LogP contribution is -2.51. The minimum atomic E-state index is -0.0997. The van der Waals surface area contributed by atoms with Crippen molar-refractivity contribution in [1.29, 1.82) is 5.26 Å². The van der Waals surface area contributed by atoms with Gasteiger partial charge >= 0.3 is 0 Å². The van der Waals surface area contributed by atoms with Crippen LogP contribution in [0.1, 0.15) is 22.7 Å². The number of nitriles is 1. The molecular formula is C21H21Br2N3O2. The van der Waals surface area contributed by atoms with Crippen molar-refractivity contribution >= 4 is 31.9 Å². The highest BCUT2D eigenvalue weighted by molar-refractivity contribution is 9.11. The fourth-order valence-electron chi connectivity index (χ4n) is 3.87. The molecule has 7 heteroatoms. The maximum atomic E-state index is 9.35. The van der Waals surface area contributed by atoms with Gasteiger partial charge in [-0.15, -0.1) is 0 Å². The molecule has 4 rings (SSSR count). The van der Waals surface area contributed by atoms with Gasteiger partial charge in [0.1, 0.15) is 18.5 Å². The molecule has 0 aromatic heterocycles. The van der Waals surface area contributed by atoms with Gasteiger partial charge in [-0.3, -0.25) is 4.90 Å². The molecule has 0 saturated carbocycles. The zero-order chi connectivity index (χ0) is 19.5. The molecule has 0 unspecified atom stereocenters. The third kappa shape index (κ3) is 4.42. The predicted molar refractivity (Wildman–Crippen MR) is 114 cm³/mol. The zero-order valence-electron chi connectivity index (χ0n) is 15.3. The van der Waals surface area contributed by atoms with Gasteiger partial charge in [0, 0.05) is 40.7 Å². The van der Waals surface area contributed by atoms with Crippen molar-refractivity contribution < 1.29 is 9.47 Å². The Bertz CT molecular complexity index is 873. The molecule has 2 aromatic carbocycles. The quantitative estimate of drug-likeness (QED) is 0.679. The first-order valence-electron chi connectivity index (χ1n) is 9.32. The van der Waals surface area contributed by atoms with Crippen molar-refractivity contribution in [2.75, 3.05) is 32.8 Å². The summed E-state index contributed by atoms with van der Waals surface area (Å²) in [5.41, 5.74) is 2.79. The normalized spacial score (nSPS) is 22.2. The molecule has 1 saturated heterocycles. The molecule has 146 valence electrons. The van der Waals surface area contributed by atoms with Crippen LogP contribution in [0.2, 0.25) is 0 Å². The molecule has 2 aliphatic rings. The fourth-order valence-corrected chi connectivity index (χ4v) is 5.26. The molecule has 1 fully saturated rings. The van der Waals surface area contributed by atoms with Crippen LogP contribution in [0, 0.1) is 11.3 Å². The van der Waals surface area contributed by atoms with E-state index in [2.05, 4.69) is 60.3 Å². The van der Waals surface area contributed by atoms with E-state index in [-0.39, 0.29) is 12.1 Å². The fraction of sp³-hybridized carbons (Fsp3) is 0.381. The van der Waals surface area contributed by atoms with E-state index < -0.39 is 0 Å². The van der Waals surface area contributed by atoms with Gasteiger partial charge in [0.05, 0.1) is 24.3 Å². The lowest BCUT2D eigenvalue weighted by atomic mass is 9.94. The van der Waals surface area contributed by atoms with Crippen molar-refractivity contribution in [1.82, 2.24) is 10.2 Å². The van der Waals surface area contributed by atoms with Gasteiger partial charge in [0.2, 0.25) is 0 Å². The number of hydrogen-bond donors (Lipinski definition) is 1. The maximum Gasteiger partial charge on any atom is 0.124 e. The molecular weight excluding hydrogens is 486 g/mol. The van der Waals surface area contributed by atoms with Gasteiger partial charge in [-0.25, -0.2) is 0 Å². The van der Waals surface area contributed by atoms with E-state index in [4.69, 9.17) is 9.47 Å². The van der Waals surface area contributed by atoms with E-state index in [1.165, 1.54) is 0 Å². The Morgan fingerprint density at radius 2 is 1.89 bits per heavy atom. The molecule has 2 atom stereocenters. The highest BCUT2D eigenvalue weighted by atomic mass is 79.9. The van der Waals surface area contributed by atoms with E-state index >= 15 is 0 Å². The van der Waals surface area contributed by atoms with Crippen LogP contribution in [-0.2, 0) is 11.3 Å². The predicted octanol–water partition coefficient (Wildman–Crippen LogP) is 4.01. The van der Waals surface area contributed by atoms with Crippen LogP contribution in [0.25, 0.3) is 0 Å². The Labute approximate surface area is 181 Å². The largest absolute Gasteiger partial charge is 0.490 e. The van der Waals surface area contributed by atoms with E-state index in [0.717, 1.165) is 52.0 Å². The van der Waals surface area contributed by atoms with Crippen molar-refractivity contribution in [3.8, 4) is 11.8 Å². The second-order valence-electron chi connectivity index (χ2n) is 7.03. The monoisotopic (exact) mass is 505 g/mol. The Morgan fingerprint density at radius 3 is 2.61 bits per heavy atom. The van der Waals surface area contributed by atoms with Crippen LogP contribution >= 0.6 is 31.9 Å². The van der Waals surface area contributed by atoms with Crippen molar-refractivity contribution in [3.05, 3.63) is 62.0 Å². The second kappa shape index (κ2) is 8.93. The first-order chi connectivity index (χ1) is 13.6. The van der Waals surface area contributed by atoms with Crippen LogP contribution in [0.15, 0.2) is 45.3 Å². The molecule has 5 nitrogen and oxygen atoms in total. The van der Waals surface area contributed by atoms with Gasteiger partial charge in [-0.1, -0.05) is 31.9 Å². The molecule has 28 heavy (non-hydrogen) atoms. The number of fused-ring (bicyclic) bond motifs is 1. The molecule has 0 bridgehead atoms. The van der Waals surface area contributed by atoms with Crippen molar-refractivity contribution in [2.45, 2.75) is 18.8 Å². The van der Waals surface area contributed by atoms with Gasteiger partial charge in [-0.2, -0.15) is 5.26 Å². The highest BCUT2D eigenvalue weighted by Gasteiger charge is 2.36. The van der Waals surface area contributed by atoms with E-state index in [1.807, 2.05) is 24.3 Å². The summed E-state index contributed by atoms with van der Waals surface area (Å²) in [5.74, 6) is 0.854. The number of halogens is 2. The van der Waals surface area contributed by atoms with Crippen LogP contribution in [0.4, 0.5) is 0 Å². The second-order valence-corrected chi connectivity index (χ2v) is 8.86. The van der Waals surface area contributed by atoms with E-state index in [0.29, 0.717) is 18.8 Å². The Morgan fingerprint density at radius 1 is 1.14 bits per heavy atom. The Hall–Kier alpha value is -1.43. The van der Waals surface area contributed by atoms with Gasteiger partial charge in [-0.05, 0) is 42.0 Å². The lowest BCUT2D eigenvalue weighted by Gasteiger charge is -2.42. The average molecular weight is 507 g/mol. The lowest BCUT2D eigenvalue weighted by molar-refractivity contribution is -0.0617. The van der Waals surface area contributed by atoms with Gasteiger partial charge in [0.15, 0.2) is 0 Å². The topological polar surface area (TPSA) is 57.5 Å². The first-order valence-corrected chi connectivity index (χ1v) is 10.9. The molecule has 0 spiro atoms. The number of benzene rings is 2. The summed E-state index contributed by atoms with van der Waals surface area (Å²) in [6.45, 7) is 4.81. The smallest absolute Gasteiger partial charge is 0.124 e. The summed E-state index contributed by atoms with van der Waals surface area (Å²) in [7, 11) is 0. The third-order valence-corrected chi connectivity index (χ3v) is 6.06. The minimum Gasteiger partial charge on any atom is -0.490 e. The Kier molecular flexibility index (Phi) is 6.34. The average Bonchev–Trinajstić information content (AvgIpc) is 2.71. The number of hydrogen-bond acceptors (Lipinski definition) is 5. The summed E-state index contributed by atoms with van der Waals surface area (Å²) >= 11 is 7.07. The number of rotatable bonds is 4. The number of nitrogens with zero attached hydrogens (tertiary/aromatic N) is 2. The summed E-state index contributed by atoms with van der Waals surface area (Å²) < 4.78 is 14.4. The van der Waals surface area contributed by atoms with E-state index in [9.17, 15) is 5.26 Å². The molecule has 1 N–H and O–H groups in total. The van der Waals surface area contributed by atoms with Gasteiger partial charge < -0.3 is 14.8 Å². The highest BCUT2D eigenvalue weighted by Crippen LogP contribution is 2.38. The molecule has 2 aliphatic heterocycles. The molecule has 0 amide bonds. The number of ether oxygens (including phenoxy) is 2. The summed E-state index contributed by atoms with van der Waals surface area (Å²) in [4.78, 5) is 2.44. The van der Waals surface area contributed by atoms with Crippen LogP contribution in [0.3, 0.4) is 0 Å². The SMILES string of the molecule is N#Cc1ccc2c(c1)[C@@H](N1CCNCC1)[C@H](OCc1cc(Br)cc(Br)c1)CO2. The summed E-state index contributed by atoms with van der Waals surface area (Å²) in [6.07, 6.45) is -0.0997. The summed E-state index contributed by atoms with van der Waals surface area (Å²) in [6, 6.07) is 14.1. The van der Waals surface area contributed by atoms with E-state index in [1.54, 1.807) is 0 Å². The molecule has 0 aliphatic carbocycles. The van der Waals surface area contributed by atoms with Crippen molar-refractivity contribution in [3.63, 3.8) is 0 Å². The van der Waals surface area contributed by atoms with Crippen LogP contribution in [-0.4, -0.2) is 43.8 Å². The minimum absolute atomic E-state index is 0.0785. The molecule has 2 aromatic rings. The standard InChI is InChI=1S/C21H21Br2N3O2/c22-16-7-15(8-17(23)10-16)12-27-20-13-28-19-2-1-14(11-24)9-18(19)21(20)26-5-3-25-4-6-26/h1-2,7-10,20-21,25H,3-6,12-13H2/t20-,21-/m1/s1. The first kappa shape index (κ1) is 19.9. The van der Waals surface area contributed by atoms with Crippen LogP contribution < -0.4 is 10.1 Å². The number of nitrogens with one attached hydrogen (secondary N) is 1. The maximum absolute atomic E-state index is 9.35. The third-order valence-electron chi connectivity index (χ3n) is 5.14. The van der Waals surface area contributed by atoms with Gasteiger partial charge in [0.25, 0.3) is 0 Å². The summed E-state index contributed by atoms with van der Waals surface area (Å²) in [5, 5.41) is 12.8. The number of piperazine rings is 1. The van der Waals surface area contributed by atoms with Crippen molar-refractivity contribution in [2.24, 2.45) is 0 Å². The Balaban J connectivity index is 1.60.